The second-order valence-electron chi connectivity index (χ2n) is 3.62. The third-order valence-electron chi connectivity index (χ3n) is 2.76. The lowest BCUT2D eigenvalue weighted by molar-refractivity contribution is 0.530. The summed E-state index contributed by atoms with van der Waals surface area (Å²) in [6.07, 6.45) is 1.88. The second-order valence-corrected chi connectivity index (χ2v) is 3.62. The Labute approximate surface area is 72.8 Å². The van der Waals surface area contributed by atoms with Crippen molar-refractivity contribution < 1.29 is 0 Å². The van der Waals surface area contributed by atoms with Crippen molar-refractivity contribution in [2.45, 2.75) is 12.8 Å². The van der Waals surface area contributed by atoms with Crippen molar-refractivity contribution in [2.24, 2.45) is 13.0 Å². The molecule has 1 aliphatic heterocycles. The topological polar surface area (TPSA) is 29.9 Å². The first-order chi connectivity index (χ1) is 5.79. The molecule has 0 saturated carbocycles. The fraction of sp³-hybridized carbons (Fsp3) is 0.667. The number of hydrogen-bond donors (Lipinski definition) is 1. The van der Waals surface area contributed by atoms with Gasteiger partial charge in [-0.3, -0.25) is 4.68 Å². The lowest BCUT2D eigenvalue weighted by Gasteiger charge is -2.13. The van der Waals surface area contributed by atoms with Gasteiger partial charge in [0.05, 0.1) is 0 Å². The highest BCUT2D eigenvalue weighted by Crippen LogP contribution is 2.26. The van der Waals surface area contributed by atoms with Crippen molar-refractivity contribution in [1.29, 1.82) is 0 Å². The largest absolute Gasteiger partial charge is 0.316 e. The molecule has 0 radical (unpaired) electrons. The van der Waals surface area contributed by atoms with E-state index in [0.29, 0.717) is 5.92 Å². The van der Waals surface area contributed by atoms with E-state index in [1.807, 2.05) is 17.9 Å². The number of nitrogens with one attached hydrogen (secondary N) is 1. The van der Waals surface area contributed by atoms with Gasteiger partial charge < -0.3 is 5.32 Å². The Bertz CT molecular complexity index is 266. The molecule has 1 fully saturated rings. The third kappa shape index (κ3) is 1.14. The monoisotopic (exact) mass is 165 g/mol. The summed E-state index contributed by atoms with van der Waals surface area (Å²) in [4.78, 5) is 0. The van der Waals surface area contributed by atoms with E-state index < -0.39 is 0 Å². The van der Waals surface area contributed by atoms with E-state index in [4.69, 9.17) is 0 Å². The van der Waals surface area contributed by atoms with Gasteiger partial charge in [0, 0.05) is 31.4 Å². The van der Waals surface area contributed by atoms with E-state index >= 15 is 0 Å². The SMILES string of the molecule is CC1CNCC1c1ccnn1C. The Morgan fingerprint density at radius 2 is 2.42 bits per heavy atom. The molecule has 1 N–H and O–H groups in total. The minimum Gasteiger partial charge on any atom is -0.316 e. The van der Waals surface area contributed by atoms with Crippen LogP contribution >= 0.6 is 0 Å². The normalized spacial score (nSPS) is 29.5. The van der Waals surface area contributed by atoms with Gasteiger partial charge in [-0.25, -0.2) is 0 Å². The van der Waals surface area contributed by atoms with E-state index in [9.17, 15) is 0 Å². The van der Waals surface area contributed by atoms with Gasteiger partial charge in [0.25, 0.3) is 0 Å². The maximum absolute atomic E-state index is 4.18. The molecule has 0 amide bonds. The van der Waals surface area contributed by atoms with E-state index in [2.05, 4.69) is 23.4 Å². The van der Waals surface area contributed by atoms with Crippen LogP contribution in [0.1, 0.15) is 18.5 Å². The van der Waals surface area contributed by atoms with Crippen LogP contribution in [0.4, 0.5) is 0 Å². The molecule has 0 spiro atoms. The van der Waals surface area contributed by atoms with Crippen molar-refractivity contribution in [1.82, 2.24) is 15.1 Å². The van der Waals surface area contributed by atoms with Gasteiger partial charge in [-0.2, -0.15) is 5.10 Å². The van der Waals surface area contributed by atoms with E-state index in [-0.39, 0.29) is 0 Å². The predicted molar refractivity (Wildman–Crippen MR) is 48.0 cm³/mol. The first-order valence-electron chi connectivity index (χ1n) is 4.47. The first-order valence-corrected chi connectivity index (χ1v) is 4.47. The third-order valence-corrected chi connectivity index (χ3v) is 2.76. The summed E-state index contributed by atoms with van der Waals surface area (Å²) in [6.45, 7) is 4.52. The summed E-state index contributed by atoms with van der Waals surface area (Å²) in [5.41, 5.74) is 1.35. The average Bonchev–Trinajstić information content (AvgIpc) is 2.59. The summed E-state index contributed by atoms with van der Waals surface area (Å²) in [5.74, 6) is 1.39. The minimum atomic E-state index is 0.650. The summed E-state index contributed by atoms with van der Waals surface area (Å²) >= 11 is 0. The van der Waals surface area contributed by atoms with Gasteiger partial charge in [0.1, 0.15) is 0 Å². The van der Waals surface area contributed by atoms with Crippen molar-refractivity contribution in [3.8, 4) is 0 Å². The Morgan fingerprint density at radius 1 is 1.58 bits per heavy atom. The molecule has 3 heteroatoms. The van der Waals surface area contributed by atoms with Crippen LogP contribution in [0, 0.1) is 5.92 Å². The van der Waals surface area contributed by atoms with Gasteiger partial charge in [-0.05, 0) is 18.5 Å². The van der Waals surface area contributed by atoms with Gasteiger partial charge in [-0.1, -0.05) is 6.92 Å². The lowest BCUT2D eigenvalue weighted by atomic mass is 9.95. The summed E-state index contributed by atoms with van der Waals surface area (Å²) in [7, 11) is 2.01. The van der Waals surface area contributed by atoms with Crippen LogP contribution in [-0.4, -0.2) is 22.9 Å². The van der Waals surface area contributed by atoms with Crippen LogP contribution in [0.25, 0.3) is 0 Å². The molecule has 0 aliphatic carbocycles. The highest BCUT2D eigenvalue weighted by Gasteiger charge is 2.26. The van der Waals surface area contributed by atoms with Crippen molar-refractivity contribution in [2.75, 3.05) is 13.1 Å². The van der Waals surface area contributed by atoms with Gasteiger partial charge in [0.2, 0.25) is 0 Å². The zero-order chi connectivity index (χ0) is 8.55. The van der Waals surface area contributed by atoms with Crippen LogP contribution in [-0.2, 0) is 7.05 Å². The molecule has 2 rings (SSSR count). The molecule has 1 saturated heterocycles. The summed E-state index contributed by atoms with van der Waals surface area (Å²) in [5, 5.41) is 7.58. The molecule has 3 nitrogen and oxygen atoms in total. The van der Waals surface area contributed by atoms with Crippen molar-refractivity contribution >= 4 is 0 Å². The van der Waals surface area contributed by atoms with Crippen LogP contribution in [0.5, 0.6) is 0 Å². The Kier molecular flexibility index (Phi) is 1.89. The Balaban J connectivity index is 2.24. The van der Waals surface area contributed by atoms with Crippen molar-refractivity contribution in [3.05, 3.63) is 18.0 Å². The molecular weight excluding hydrogens is 150 g/mol. The maximum atomic E-state index is 4.18. The zero-order valence-corrected chi connectivity index (χ0v) is 7.62. The molecule has 2 heterocycles. The van der Waals surface area contributed by atoms with Crippen LogP contribution in [0.2, 0.25) is 0 Å². The first kappa shape index (κ1) is 7.80. The number of hydrogen-bond acceptors (Lipinski definition) is 2. The molecule has 1 aliphatic rings. The van der Waals surface area contributed by atoms with E-state index in [1.54, 1.807) is 0 Å². The van der Waals surface area contributed by atoms with Crippen LogP contribution in [0.3, 0.4) is 0 Å². The quantitative estimate of drug-likeness (QED) is 0.665. The number of aromatic nitrogens is 2. The summed E-state index contributed by atoms with van der Waals surface area (Å²) in [6, 6.07) is 2.12. The number of rotatable bonds is 1. The van der Waals surface area contributed by atoms with Crippen LogP contribution < -0.4 is 5.32 Å². The zero-order valence-electron chi connectivity index (χ0n) is 7.62. The molecule has 2 atom stereocenters. The molecule has 1 aromatic rings. The lowest BCUT2D eigenvalue weighted by Crippen LogP contribution is -2.12. The van der Waals surface area contributed by atoms with Crippen molar-refractivity contribution in [3.63, 3.8) is 0 Å². The summed E-state index contributed by atoms with van der Waals surface area (Å²) < 4.78 is 1.98. The average molecular weight is 165 g/mol. The standard InChI is InChI=1S/C9H15N3/c1-7-5-10-6-8(7)9-3-4-11-12(9)2/h3-4,7-8,10H,5-6H2,1-2H3. The molecule has 12 heavy (non-hydrogen) atoms. The fourth-order valence-electron chi connectivity index (χ4n) is 1.95. The minimum absolute atomic E-state index is 0.650. The predicted octanol–water partition coefficient (Wildman–Crippen LogP) is 0.743. The van der Waals surface area contributed by atoms with E-state index in [0.717, 1.165) is 19.0 Å². The number of nitrogens with zero attached hydrogens (tertiary/aromatic N) is 2. The van der Waals surface area contributed by atoms with Gasteiger partial charge >= 0.3 is 0 Å². The molecule has 2 unspecified atom stereocenters. The van der Waals surface area contributed by atoms with E-state index in [1.165, 1.54) is 5.69 Å². The fourth-order valence-corrected chi connectivity index (χ4v) is 1.95. The molecule has 66 valence electrons. The maximum Gasteiger partial charge on any atom is 0.0492 e. The Morgan fingerprint density at radius 3 is 2.92 bits per heavy atom. The van der Waals surface area contributed by atoms with Gasteiger partial charge in [-0.15, -0.1) is 0 Å². The smallest absolute Gasteiger partial charge is 0.0492 e. The molecule has 0 bridgehead atoms. The molecular formula is C9H15N3. The highest BCUT2D eigenvalue weighted by atomic mass is 15.3. The Hall–Kier alpha value is -0.830. The van der Waals surface area contributed by atoms with Gasteiger partial charge in [0.15, 0.2) is 0 Å². The molecule has 0 aromatic carbocycles. The second kappa shape index (κ2) is 2.90. The highest BCUT2D eigenvalue weighted by molar-refractivity contribution is 5.11. The number of aryl methyl sites for hydroxylation is 1. The van der Waals surface area contributed by atoms with Crippen LogP contribution in [0.15, 0.2) is 12.3 Å². The molecule has 1 aromatic heterocycles.